The van der Waals surface area contributed by atoms with Gasteiger partial charge in [0.05, 0.1) is 0 Å². The lowest BCUT2D eigenvalue weighted by atomic mass is 10.0. The third-order valence-electron chi connectivity index (χ3n) is 2.42. The monoisotopic (exact) mass is 214 g/mol. The van der Waals surface area contributed by atoms with E-state index in [4.69, 9.17) is 0 Å². The molecule has 0 aromatic rings. The minimum absolute atomic E-state index is 0.0211. The molecule has 1 N–H and O–H groups in total. The van der Waals surface area contributed by atoms with Gasteiger partial charge in [-0.1, -0.05) is 26.2 Å². The van der Waals surface area contributed by atoms with Crippen LogP contribution in [0.15, 0.2) is 0 Å². The van der Waals surface area contributed by atoms with Crippen molar-refractivity contribution in [1.82, 2.24) is 0 Å². The second kappa shape index (κ2) is 8.60. The van der Waals surface area contributed by atoms with Crippen LogP contribution in [-0.4, -0.2) is 22.8 Å². The fourth-order valence-electron chi connectivity index (χ4n) is 1.39. The number of Topliss-reactive ketones (excluding diaryl/α,β-unsaturated/α-hetero) is 2. The van der Waals surface area contributed by atoms with E-state index >= 15 is 0 Å². The van der Waals surface area contributed by atoms with Gasteiger partial charge in [-0.15, -0.1) is 0 Å². The first kappa shape index (κ1) is 14.3. The quantitative estimate of drug-likeness (QED) is 0.599. The number of rotatable bonds is 9. The van der Waals surface area contributed by atoms with E-state index in [9.17, 15) is 14.7 Å². The number of aliphatic hydroxyl groups is 1. The molecule has 0 aliphatic rings. The summed E-state index contributed by atoms with van der Waals surface area (Å²) >= 11 is 0. The number of aliphatic hydroxyl groups excluding tert-OH is 1. The number of hydrogen-bond acceptors (Lipinski definition) is 3. The van der Waals surface area contributed by atoms with Gasteiger partial charge in [-0.05, 0) is 19.8 Å². The van der Waals surface area contributed by atoms with Crippen molar-refractivity contribution in [2.45, 2.75) is 64.9 Å². The van der Waals surface area contributed by atoms with Crippen molar-refractivity contribution in [3.8, 4) is 0 Å². The molecule has 0 aliphatic heterocycles. The van der Waals surface area contributed by atoms with E-state index in [0.717, 1.165) is 25.7 Å². The molecule has 88 valence electrons. The van der Waals surface area contributed by atoms with E-state index in [1.807, 2.05) is 0 Å². The molecule has 0 amide bonds. The summed E-state index contributed by atoms with van der Waals surface area (Å²) in [5, 5.41) is 9.42. The Hall–Kier alpha value is -0.700. The number of carbonyl (C=O) groups is 2. The number of hydrogen-bond donors (Lipinski definition) is 1. The fourth-order valence-corrected chi connectivity index (χ4v) is 1.39. The normalized spacial score (nSPS) is 12.5. The lowest BCUT2D eigenvalue weighted by Crippen LogP contribution is -2.20. The van der Waals surface area contributed by atoms with Crippen LogP contribution in [0.1, 0.15) is 58.8 Å². The maximum atomic E-state index is 11.4. The smallest absolute Gasteiger partial charge is 0.161 e. The summed E-state index contributed by atoms with van der Waals surface area (Å²) in [6, 6.07) is 0. The highest BCUT2D eigenvalue weighted by Gasteiger charge is 2.14. The Kier molecular flexibility index (Phi) is 8.19. The van der Waals surface area contributed by atoms with Crippen molar-refractivity contribution in [2.24, 2.45) is 0 Å². The molecule has 1 atom stereocenters. The molecule has 0 aliphatic carbocycles. The highest BCUT2D eigenvalue weighted by molar-refractivity contribution is 5.83. The van der Waals surface area contributed by atoms with Gasteiger partial charge in [-0.2, -0.15) is 0 Å². The molecule has 1 unspecified atom stereocenters. The van der Waals surface area contributed by atoms with Crippen LogP contribution in [0.2, 0.25) is 0 Å². The molecule has 3 heteroatoms. The molecule has 3 nitrogen and oxygen atoms in total. The largest absolute Gasteiger partial charge is 0.385 e. The number of unbranched alkanes of at least 4 members (excludes halogenated alkanes) is 3. The van der Waals surface area contributed by atoms with Crippen LogP contribution in [-0.2, 0) is 9.59 Å². The highest BCUT2D eigenvalue weighted by Crippen LogP contribution is 2.07. The van der Waals surface area contributed by atoms with E-state index in [1.165, 1.54) is 6.92 Å². The maximum Gasteiger partial charge on any atom is 0.161 e. The molecule has 15 heavy (non-hydrogen) atoms. The lowest BCUT2D eigenvalue weighted by molar-refractivity contribution is -0.128. The molecule has 0 rings (SSSR count). The van der Waals surface area contributed by atoms with Gasteiger partial charge in [-0.3, -0.25) is 4.79 Å². The predicted octanol–water partition coefficient (Wildman–Crippen LogP) is 2.26. The Balaban J connectivity index is 3.55. The third kappa shape index (κ3) is 8.30. The SMILES string of the molecule is CCCCCCC(=O)C(O)CCC(C)=O. The Labute approximate surface area is 91.9 Å². The topological polar surface area (TPSA) is 54.4 Å². The molecule has 0 fully saturated rings. The Morgan fingerprint density at radius 2 is 1.80 bits per heavy atom. The Morgan fingerprint density at radius 1 is 1.13 bits per heavy atom. The summed E-state index contributed by atoms with van der Waals surface area (Å²) < 4.78 is 0. The first-order valence-corrected chi connectivity index (χ1v) is 5.78. The third-order valence-corrected chi connectivity index (χ3v) is 2.42. The average molecular weight is 214 g/mol. The highest BCUT2D eigenvalue weighted by atomic mass is 16.3. The standard InChI is InChI=1S/C12H22O3/c1-3-4-5-6-7-11(14)12(15)9-8-10(2)13/h12,15H,3-9H2,1-2H3. The van der Waals surface area contributed by atoms with Crippen molar-refractivity contribution >= 4 is 11.6 Å². The van der Waals surface area contributed by atoms with Gasteiger partial charge in [0.1, 0.15) is 11.9 Å². The van der Waals surface area contributed by atoms with E-state index in [1.54, 1.807) is 0 Å². The van der Waals surface area contributed by atoms with Crippen molar-refractivity contribution in [3.05, 3.63) is 0 Å². The Morgan fingerprint density at radius 3 is 2.33 bits per heavy atom. The summed E-state index contributed by atoms with van der Waals surface area (Å²) in [5.74, 6) is -0.0970. The molecular weight excluding hydrogens is 192 g/mol. The average Bonchev–Trinajstić information content (AvgIpc) is 2.20. The van der Waals surface area contributed by atoms with Crippen molar-refractivity contribution in [2.75, 3.05) is 0 Å². The summed E-state index contributed by atoms with van der Waals surface area (Å²) in [7, 11) is 0. The van der Waals surface area contributed by atoms with Crippen molar-refractivity contribution in [1.29, 1.82) is 0 Å². The number of carbonyl (C=O) groups excluding carboxylic acids is 2. The van der Waals surface area contributed by atoms with Gasteiger partial charge in [0, 0.05) is 12.8 Å². The number of ketones is 2. The van der Waals surface area contributed by atoms with Crippen molar-refractivity contribution < 1.29 is 14.7 Å². The molecule has 0 saturated carbocycles. The molecule has 0 aromatic carbocycles. The molecule has 0 radical (unpaired) electrons. The minimum atomic E-state index is -0.935. The van der Waals surface area contributed by atoms with Gasteiger partial charge < -0.3 is 9.90 Å². The first-order chi connectivity index (χ1) is 7.07. The molecule has 0 aromatic heterocycles. The fraction of sp³-hybridized carbons (Fsp3) is 0.833. The second-order valence-corrected chi connectivity index (χ2v) is 4.03. The van der Waals surface area contributed by atoms with Crippen molar-refractivity contribution in [3.63, 3.8) is 0 Å². The zero-order valence-electron chi connectivity index (χ0n) is 9.79. The van der Waals surface area contributed by atoms with Gasteiger partial charge in [-0.25, -0.2) is 0 Å². The van der Waals surface area contributed by atoms with E-state index in [0.29, 0.717) is 12.8 Å². The summed E-state index contributed by atoms with van der Waals surface area (Å²) in [5.41, 5.74) is 0. The Bertz CT molecular complexity index is 199. The maximum absolute atomic E-state index is 11.4. The second-order valence-electron chi connectivity index (χ2n) is 4.03. The zero-order chi connectivity index (χ0) is 11.7. The summed E-state index contributed by atoms with van der Waals surface area (Å²) in [6.45, 7) is 3.59. The summed E-state index contributed by atoms with van der Waals surface area (Å²) in [4.78, 5) is 22.0. The van der Waals surface area contributed by atoms with Crippen LogP contribution in [0.5, 0.6) is 0 Å². The van der Waals surface area contributed by atoms with Gasteiger partial charge in [0.15, 0.2) is 5.78 Å². The molecule has 0 spiro atoms. The van der Waals surface area contributed by atoms with E-state index in [-0.39, 0.29) is 18.0 Å². The van der Waals surface area contributed by atoms with Crippen LogP contribution >= 0.6 is 0 Å². The zero-order valence-corrected chi connectivity index (χ0v) is 9.79. The van der Waals surface area contributed by atoms with Crippen LogP contribution < -0.4 is 0 Å². The minimum Gasteiger partial charge on any atom is -0.385 e. The van der Waals surface area contributed by atoms with Crippen LogP contribution in [0.4, 0.5) is 0 Å². The lowest BCUT2D eigenvalue weighted by Gasteiger charge is -2.07. The predicted molar refractivity (Wildman–Crippen MR) is 59.7 cm³/mol. The summed E-state index contributed by atoms with van der Waals surface area (Å²) in [6.07, 6.45) is 4.25. The van der Waals surface area contributed by atoms with Crippen LogP contribution in [0.3, 0.4) is 0 Å². The van der Waals surface area contributed by atoms with E-state index < -0.39 is 6.10 Å². The van der Waals surface area contributed by atoms with E-state index in [2.05, 4.69) is 6.92 Å². The molecule has 0 bridgehead atoms. The van der Waals surface area contributed by atoms with Crippen LogP contribution in [0, 0.1) is 0 Å². The first-order valence-electron chi connectivity index (χ1n) is 5.78. The van der Waals surface area contributed by atoms with Gasteiger partial charge in [0.2, 0.25) is 0 Å². The van der Waals surface area contributed by atoms with Gasteiger partial charge in [0.25, 0.3) is 0 Å². The van der Waals surface area contributed by atoms with Gasteiger partial charge >= 0.3 is 0 Å². The van der Waals surface area contributed by atoms with Crippen LogP contribution in [0.25, 0.3) is 0 Å². The molecule has 0 saturated heterocycles. The molecule has 0 heterocycles. The molecular formula is C12H22O3.